The number of carbonyl (C=O) groups is 4. The predicted molar refractivity (Wildman–Crippen MR) is 190 cm³/mol. The second kappa shape index (κ2) is 18.0. The smallest absolute Gasteiger partial charge is 0.323 e. The molecule has 1 atom stereocenters. The van der Waals surface area contributed by atoms with Crippen LogP contribution in [-0.2, 0) is 36.9 Å². The summed E-state index contributed by atoms with van der Waals surface area (Å²) < 4.78 is 16.7. The fourth-order valence-corrected chi connectivity index (χ4v) is 5.93. The molecule has 4 N–H and O–H groups in total. The summed E-state index contributed by atoms with van der Waals surface area (Å²) in [4.78, 5) is 60.9. The van der Waals surface area contributed by atoms with Gasteiger partial charge in [-0.2, -0.15) is 0 Å². The Balaban J connectivity index is 2.17. The van der Waals surface area contributed by atoms with E-state index in [1.165, 1.54) is 38.6 Å². The van der Waals surface area contributed by atoms with Gasteiger partial charge in [0.05, 0.1) is 24.0 Å². The van der Waals surface area contributed by atoms with Gasteiger partial charge in [-0.05, 0) is 79.5 Å². The highest BCUT2D eigenvalue weighted by molar-refractivity contribution is 8.78. The van der Waals surface area contributed by atoms with Crippen molar-refractivity contribution in [3.8, 4) is 11.5 Å². The molecule has 2 aromatic rings. The van der Waals surface area contributed by atoms with Crippen LogP contribution in [0, 0.1) is 17.8 Å². The lowest BCUT2D eigenvalue weighted by molar-refractivity contribution is -0.145. The van der Waals surface area contributed by atoms with Gasteiger partial charge in [0.25, 0.3) is 0 Å². The van der Waals surface area contributed by atoms with Gasteiger partial charge in [0.1, 0.15) is 17.7 Å². The quantitative estimate of drug-likeness (QED) is 0.0558. The van der Waals surface area contributed by atoms with Crippen molar-refractivity contribution in [1.29, 1.82) is 0 Å². The van der Waals surface area contributed by atoms with Gasteiger partial charge in [0.15, 0.2) is 11.5 Å². The topological polar surface area (TPSA) is 177 Å². The molecule has 1 unspecified atom stereocenters. The van der Waals surface area contributed by atoms with E-state index in [9.17, 15) is 19.2 Å². The van der Waals surface area contributed by atoms with E-state index in [1.54, 1.807) is 73.7 Å². The molecule has 262 valence electrons. The van der Waals surface area contributed by atoms with Crippen LogP contribution < -0.4 is 20.9 Å². The van der Waals surface area contributed by atoms with E-state index in [4.69, 9.17) is 25.7 Å². The predicted octanol–water partition coefficient (Wildman–Crippen LogP) is 5.53. The summed E-state index contributed by atoms with van der Waals surface area (Å²) in [6, 6.07) is 3.64. The number of rotatable bonds is 16. The van der Waals surface area contributed by atoms with Crippen LogP contribution in [0.3, 0.4) is 0 Å². The number of nitrogens with two attached hydrogens (primary N) is 2. The van der Waals surface area contributed by atoms with Crippen molar-refractivity contribution >= 4 is 51.7 Å². The first-order valence-corrected chi connectivity index (χ1v) is 17.6. The molecule has 1 aromatic heterocycles. The van der Waals surface area contributed by atoms with Crippen LogP contribution >= 0.6 is 21.6 Å². The van der Waals surface area contributed by atoms with Crippen LogP contribution in [-0.4, -0.2) is 57.6 Å². The molecule has 0 spiro atoms. The molecule has 0 aliphatic rings. The Kier molecular flexibility index (Phi) is 15.1. The molecule has 2 rings (SSSR count). The van der Waals surface area contributed by atoms with Crippen molar-refractivity contribution in [2.45, 2.75) is 80.8 Å². The Morgan fingerprint density at radius 2 is 1.69 bits per heavy atom. The minimum Gasteiger partial charge on any atom is -0.464 e. The lowest BCUT2D eigenvalue weighted by Crippen LogP contribution is -2.34. The molecule has 0 radical (unpaired) electrons. The fraction of sp³-hybridized carbons (Fsp3) is 0.471. The van der Waals surface area contributed by atoms with Crippen LogP contribution in [0.1, 0.15) is 71.8 Å². The SMILES string of the molecule is C=CCSSC(CCOC(=O)C(N)Cc1ccc(OC(=O)C(C)(C)C)c(OC(=O)C(C)(C)C)c1)=C(C)N(C=O)Cc1cnc(C)nc1N. The number of aromatic nitrogens is 2. The molecule has 0 saturated heterocycles. The van der Waals surface area contributed by atoms with E-state index >= 15 is 0 Å². The standard InChI is InChI=1S/C34H47N5O7S2/c1-10-15-47-48-28(21(2)39(20-40)19-24-18-37-22(3)38-29(24)36)13-14-44-30(41)25(35)16-23-11-12-26(45-31(42)33(4,5)6)27(17-23)46-32(43)34(7,8)9/h10-12,17-18,20,25H,1,13-16,19,35H2,2-9H3,(H2,36,37,38). The highest BCUT2D eigenvalue weighted by atomic mass is 33.1. The lowest BCUT2D eigenvalue weighted by atomic mass is 9.97. The third-order valence-electron chi connectivity index (χ3n) is 6.64. The first-order valence-electron chi connectivity index (χ1n) is 15.3. The summed E-state index contributed by atoms with van der Waals surface area (Å²) in [5.41, 5.74) is 12.5. The van der Waals surface area contributed by atoms with E-state index < -0.39 is 34.8 Å². The first kappa shape index (κ1) is 40.3. The minimum atomic E-state index is -1.04. The van der Waals surface area contributed by atoms with E-state index in [2.05, 4.69) is 16.5 Å². The maximum atomic E-state index is 12.9. The number of hydrogen-bond acceptors (Lipinski definition) is 13. The largest absolute Gasteiger partial charge is 0.464 e. The van der Waals surface area contributed by atoms with E-state index in [0.29, 0.717) is 47.0 Å². The van der Waals surface area contributed by atoms with E-state index in [0.717, 1.165) is 4.91 Å². The number of nitrogen functional groups attached to an aromatic ring is 1. The summed E-state index contributed by atoms with van der Waals surface area (Å²) >= 11 is 0. The third kappa shape index (κ3) is 12.6. The summed E-state index contributed by atoms with van der Waals surface area (Å²) in [6.45, 7) is 17.7. The summed E-state index contributed by atoms with van der Waals surface area (Å²) in [7, 11) is 2.98. The number of amides is 1. The lowest BCUT2D eigenvalue weighted by Gasteiger charge is -2.22. The average Bonchev–Trinajstić information content (AvgIpc) is 2.99. The van der Waals surface area contributed by atoms with Gasteiger partial charge in [0.2, 0.25) is 6.41 Å². The van der Waals surface area contributed by atoms with Gasteiger partial charge in [-0.15, -0.1) is 6.58 Å². The van der Waals surface area contributed by atoms with Crippen LogP contribution in [0.25, 0.3) is 0 Å². The van der Waals surface area contributed by atoms with Crippen molar-refractivity contribution < 1.29 is 33.4 Å². The second-order valence-corrected chi connectivity index (χ2v) is 15.4. The number of carbonyl (C=O) groups excluding carboxylic acids is 4. The van der Waals surface area contributed by atoms with Gasteiger partial charge < -0.3 is 30.6 Å². The van der Waals surface area contributed by atoms with Crippen LogP contribution in [0.15, 0.2) is 47.7 Å². The van der Waals surface area contributed by atoms with E-state index in [-0.39, 0.29) is 31.1 Å². The molecular weight excluding hydrogens is 655 g/mol. The molecule has 0 aliphatic carbocycles. The zero-order valence-electron chi connectivity index (χ0n) is 29.0. The number of hydrogen-bond donors (Lipinski definition) is 2. The Hall–Kier alpha value is -3.88. The number of benzene rings is 1. The Morgan fingerprint density at radius 3 is 2.25 bits per heavy atom. The summed E-state index contributed by atoms with van der Waals surface area (Å²) in [5.74, 6) is -0.0563. The highest BCUT2D eigenvalue weighted by Crippen LogP contribution is 2.36. The van der Waals surface area contributed by atoms with Crippen molar-refractivity contribution in [2.24, 2.45) is 16.6 Å². The number of anilines is 1. The van der Waals surface area contributed by atoms with Crippen LogP contribution in [0.2, 0.25) is 0 Å². The number of esters is 3. The fourth-order valence-electron chi connectivity index (χ4n) is 3.69. The molecule has 1 aromatic carbocycles. The Morgan fingerprint density at radius 1 is 1.06 bits per heavy atom. The molecule has 14 heteroatoms. The van der Waals surface area contributed by atoms with Crippen LogP contribution in [0.4, 0.5) is 5.82 Å². The molecule has 48 heavy (non-hydrogen) atoms. The Bertz CT molecular complexity index is 1520. The van der Waals surface area contributed by atoms with Crippen molar-refractivity contribution in [1.82, 2.24) is 14.9 Å². The maximum absolute atomic E-state index is 12.9. The van der Waals surface area contributed by atoms with Gasteiger partial charge in [0, 0.05) is 34.5 Å². The first-order chi connectivity index (χ1) is 22.4. The molecule has 1 heterocycles. The molecule has 1 amide bonds. The number of ether oxygens (including phenoxy) is 3. The van der Waals surface area contributed by atoms with Gasteiger partial charge in [-0.3, -0.25) is 19.2 Å². The number of nitrogens with zero attached hydrogens (tertiary/aromatic N) is 3. The average molecular weight is 702 g/mol. The van der Waals surface area contributed by atoms with Crippen molar-refractivity contribution in [3.63, 3.8) is 0 Å². The zero-order valence-corrected chi connectivity index (χ0v) is 30.6. The number of aryl methyl sites for hydroxylation is 1. The van der Waals surface area contributed by atoms with E-state index in [1.807, 2.05) is 0 Å². The van der Waals surface area contributed by atoms with Crippen molar-refractivity contribution in [3.05, 3.63) is 64.6 Å². The van der Waals surface area contributed by atoms with Crippen molar-refractivity contribution in [2.75, 3.05) is 18.1 Å². The minimum absolute atomic E-state index is 0.0134. The zero-order chi connectivity index (χ0) is 36.2. The Labute approximate surface area is 290 Å². The summed E-state index contributed by atoms with van der Waals surface area (Å²) in [6.07, 6.45) is 4.45. The summed E-state index contributed by atoms with van der Waals surface area (Å²) in [5, 5.41) is 0. The highest BCUT2D eigenvalue weighted by Gasteiger charge is 2.29. The second-order valence-electron chi connectivity index (χ2n) is 13.0. The molecule has 12 nitrogen and oxygen atoms in total. The molecule has 0 saturated carbocycles. The monoisotopic (exact) mass is 701 g/mol. The van der Waals surface area contributed by atoms with Crippen LogP contribution in [0.5, 0.6) is 11.5 Å². The van der Waals surface area contributed by atoms with Gasteiger partial charge in [-0.25, -0.2) is 9.97 Å². The maximum Gasteiger partial charge on any atom is 0.323 e. The van der Waals surface area contributed by atoms with Gasteiger partial charge >= 0.3 is 17.9 Å². The van der Waals surface area contributed by atoms with Gasteiger partial charge in [-0.1, -0.05) is 33.7 Å². The number of allylic oxidation sites excluding steroid dienone is 1. The molecule has 0 aliphatic heterocycles. The normalized spacial score (nSPS) is 12.8. The molecule has 0 fully saturated rings. The molecular formula is C34H47N5O7S2. The third-order valence-corrected chi connectivity index (χ3v) is 9.19. The molecule has 0 bridgehead atoms.